The normalized spacial score (nSPS) is 40.1. The number of hydrogen-bond acceptors (Lipinski definition) is 2. The quantitative estimate of drug-likeness (QED) is 0.150. The van der Waals surface area contributed by atoms with Crippen LogP contribution in [0.4, 0.5) is 0 Å². The molecule has 4 aliphatic rings. The van der Waals surface area contributed by atoms with Crippen molar-refractivity contribution < 1.29 is 9.53 Å². The van der Waals surface area contributed by atoms with Gasteiger partial charge >= 0.3 is 5.97 Å². The van der Waals surface area contributed by atoms with Crippen LogP contribution >= 0.6 is 0 Å². The van der Waals surface area contributed by atoms with Gasteiger partial charge in [-0.05, 0) is 92.8 Å². The van der Waals surface area contributed by atoms with E-state index in [0.717, 1.165) is 36.5 Å². The van der Waals surface area contributed by atoms with E-state index < -0.39 is 0 Å². The van der Waals surface area contributed by atoms with Gasteiger partial charge < -0.3 is 4.74 Å². The molecule has 186 valence electrons. The predicted octanol–water partition coefficient (Wildman–Crippen LogP) is 8.80. The van der Waals surface area contributed by atoms with Crippen LogP contribution in [0.3, 0.4) is 0 Å². The van der Waals surface area contributed by atoms with E-state index in [1.807, 2.05) is 6.92 Å². The van der Waals surface area contributed by atoms with Crippen LogP contribution in [-0.4, -0.2) is 12.1 Å². The van der Waals surface area contributed by atoms with Crippen LogP contribution in [0.25, 0.3) is 0 Å². The zero-order valence-electron chi connectivity index (χ0n) is 22.0. The highest BCUT2D eigenvalue weighted by atomic mass is 16.5. The summed E-state index contributed by atoms with van der Waals surface area (Å²) in [5.74, 6) is 3.46. The number of carbonyl (C=O) groups is 1. The number of carbonyl (C=O) groups excluding carboxylic acids is 1. The first kappa shape index (κ1) is 25.1. The Balaban J connectivity index is 1.37. The lowest BCUT2D eigenvalue weighted by Gasteiger charge is -2.58. The summed E-state index contributed by atoms with van der Waals surface area (Å²) < 4.78 is 5.76. The molecule has 0 aliphatic heterocycles. The van der Waals surface area contributed by atoms with Crippen LogP contribution in [0.5, 0.6) is 0 Å². The molecular formula is C31H50O2. The summed E-state index contributed by atoms with van der Waals surface area (Å²) in [6, 6.07) is 0. The van der Waals surface area contributed by atoms with E-state index in [4.69, 9.17) is 4.74 Å². The van der Waals surface area contributed by atoms with E-state index in [1.54, 1.807) is 17.7 Å². The first-order valence-electron chi connectivity index (χ1n) is 14.4. The molecule has 0 saturated heterocycles. The first-order valence-corrected chi connectivity index (χ1v) is 14.4. The fourth-order valence-electron chi connectivity index (χ4n) is 8.82. The van der Waals surface area contributed by atoms with Gasteiger partial charge in [0.25, 0.3) is 0 Å². The van der Waals surface area contributed by atoms with Gasteiger partial charge in [0, 0.05) is 12.5 Å². The van der Waals surface area contributed by atoms with Gasteiger partial charge in [0.05, 0.1) is 0 Å². The molecule has 0 aromatic carbocycles. The molecule has 3 saturated carbocycles. The summed E-state index contributed by atoms with van der Waals surface area (Å²) in [7, 11) is 0. The second kappa shape index (κ2) is 10.7. The lowest BCUT2D eigenvalue weighted by Crippen LogP contribution is -2.50. The van der Waals surface area contributed by atoms with Crippen LogP contribution in [0.1, 0.15) is 124 Å². The van der Waals surface area contributed by atoms with Crippen LogP contribution in [0.2, 0.25) is 0 Å². The Labute approximate surface area is 204 Å². The van der Waals surface area contributed by atoms with Crippen molar-refractivity contribution in [2.24, 2.45) is 34.5 Å². The lowest BCUT2D eigenvalue weighted by molar-refractivity contribution is -0.145. The number of ether oxygens (including phenoxy) is 1. The molecule has 0 unspecified atom stereocenters. The van der Waals surface area contributed by atoms with E-state index >= 15 is 0 Å². The molecule has 0 aromatic rings. The Kier molecular flexibility index (Phi) is 8.12. The highest BCUT2D eigenvalue weighted by Crippen LogP contribution is 2.66. The average molecular weight is 455 g/mol. The molecule has 0 amide bonds. The maximum absolute atomic E-state index is 12.0. The van der Waals surface area contributed by atoms with Crippen LogP contribution in [0, 0.1) is 34.5 Å². The van der Waals surface area contributed by atoms with Crippen LogP contribution < -0.4 is 0 Å². The van der Waals surface area contributed by atoms with Gasteiger partial charge in [-0.15, -0.1) is 0 Å². The second-order valence-electron chi connectivity index (χ2n) is 12.4. The highest BCUT2D eigenvalue weighted by molar-refractivity contribution is 5.81. The first-order chi connectivity index (χ1) is 15.9. The van der Waals surface area contributed by atoms with Gasteiger partial charge in [0.2, 0.25) is 0 Å². The highest BCUT2D eigenvalue weighted by Gasteiger charge is 2.58. The number of rotatable bonds is 9. The number of unbranched alkanes of at least 4 members (excludes halogenated alkanes) is 5. The van der Waals surface area contributed by atoms with Gasteiger partial charge in [0.15, 0.2) is 0 Å². The summed E-state index contributed by atoms with van der Waals surface area (Å²) in [6.07, 6.45) is 26.3. The van der Waals surface area contributed by atoms with Crippen molar-refractivity contribution in [3.63, 3.8) is 0 Å². The van der Waals surface area contributed by atoms with Crippen molar-refractivity contribution in [2.75, 3.05) is 0 Å². The third kappa shape index (κ3) is 5.01. The lowest BCUT2D eigenvalue weighted by atomic mass is 9.47. The fourth-order valence-corrected chi connectivity index (χ4v) is 8.82. The minimum Gasteiger partial charge on any atom is -0.459 e. The van der Waals surface area contributed by atoms with Crippen molar-refractivity contribution in [3.05, 3.63) is 23.8 Å². The molecule has 2 heteroatoms. The largest absolute Gasteiger partial charge is 0.459 e. The van der Waals surface area contributed by atoms with Crippen molar-refractivity contribution in [2.45, 2.75) is 130 Å². The van der Waals surface area contributed by atoms with Crippen LogP contribution in [0.15, 0.2) is 23.8 Å². The molecule has 0 bridgehead atoms. The van der Waals surface area contributed by atoms with Crippen molar-refractivity contribution in [1.82, 2.24) is 0 Å². The molecule has 0 heterocycles. The van der Waals surface area contributed by atoms with Gasteiger partial charge in [-0.1, -0.05) is 77.0 Å². The molecule has 0 radical (unpaired) electrons. The van der Waals surface area contributed by atoms with E-state index in [1.165, 1.54) is 83.5 Å². The zero-order chi connectivity index (χ0) is 23.5. The number of hydrogen-bond donors (Lipinski definition) is 0. The average Bonchev–Trinajstić information content (AvgIpc) is 3.13. The van der Waals surface area contributed by atoms with E-state index in [2.05, 4.69) is 26.8 Å². The molecule has 7 atom stereocenters. The maximum Gasteiger partial charge on any atom is 0.330 e. The Morgan fingerprint density at radius 3 is 2.61 bits per heavy atom. The number of esters is 1. The minimum atomic E-state index is -0.170. The van der Waals surface area contributed by atoms with Gasteiger partial charge in [-0.2, -0.15) is 0 Å². The number of allylic oxidation sites excluding steroid dienone is 2. The minimum absolute atomic E-state index is 0.0756. The monoisotopic (exact) mass is 454 g/mol. The Hall–Kier alpha value is -1.05. The smallest absolute Gasteiger partial charge is 0.330 e. The number of fused-ring (bicyclic) bond motifs is 5. The fraction of sp³-hybridized carbons (Fsp3) is 0.839. The summed E-state index contributed by atoms with van der Waals surface area (Å²) in [5.41, 5.74) is 2.54. The Morgan fingerprint density at radius 2 is 1.82 bits per heavy atom. The third-order valence-corrected chi connectivity index (χ3v) is 10.7. The summed E-state index contributed by atoms with van der Waals surface area (Å²) in [4.78, 5) is 12.0. The zero-order valence-corrected chi connectivity index (χ0v) is 22.0. The molecular weight excluding hydrogens is 404 g/mol. The molecule has 0 aromatic heterocycles. The van der Waals surface area contributed by atoms with E-state index in [0.29, 0.717) is 10.8 Å². The summed E-state index contributed by atoms with van der Waals surface area (Å²) in [6.45, 7) is 9.43. The molecule has 33 heavy (non-hydrogen) atoms. The maximum atomic E-state index is 12.0. The van der Waals surface area contributed by atoms with Gasteiger partial charge in [-0.3, -0.25) is 0 Å². The second-order valence-corrected chi connectivity index (χ2v) is 12.4. The summed E-state index contributed by atoms with van der Waals surface area (Å²) in [5, 5.41) is 0. The van der Waals surface area contributed by atoms with Gasteiger partial charge in [-0.25, -0.2) is 4.79 Å². The molecule has 3 fully saturated rings. The molecule has 0 N–H and O–H groups in total. The standard InChI is InChI=1S/C31H50O2/c1-5-7-8-9-10-11-13-23-15-17-27-26-16-14-24-22-25(33-29(32)12-6-2)18-20-31(24,4)28(26)19-21-30(23,27)3/h6,12,14,23,25-28H,5,7-11,13,15-22H2,1-4H3/b12-6+/t23-,25-,26-,27-,28-,30+,31-/m0/s1. The molecule has 4 aliphatic carbocycles. The van der Waals surface area contributed by atoms with Crippen molar-refractivity contribution in [3.8, 4) is 0 Å². The SMILES string of the molecule is C/C=C/C(=O)O[C@H]1CC[C@@]2(C)C(=CC[C@H]3[C@@H]4CC[C@H](CCCCCCCC)[C@@]4(C)CC[C@@H]32)C1. The Morgan fingerprint density at radius 1 is 1.03 bits per heavy atom. The third-order valence-electron chi connectivity index (χ3n) is 10.7. The van der Waals surface area contributed by atoms with Crippen molar-refractivity contribution in [1.29, 1.82) is 0 Å². The Bertz CT molecular complexity index is 735. The topological polar surface area (TPSA) is 26.3 Å². The van der Waals surface area contributed by atoms with Gasteiger partial charge in [0.1, 0.15) is 6.10 Å². The van der Waals surface area contributed by atoms with Crippen LogP contribution in [-0.2, 0) is 9.53 Å². The van der Waals surface area contributed by atoms with E-state index in [9.17, 15) is 4.79 Å². The molecule has 0 spiro atoms. The van der Waals surface area contributed by atoms with E-state index in [-0.39, 0.29) is 12.1 Å². The summed E-state index contributed by atoms with van der Waals surface area (Å²) >= 11 is 0. The molecule has 2 nitrogen and oxygen atoms in total. The molecule has 4 rings (SSSR count). The predicted molar refractivity (Wildman–Crippen MR) is 138 cm³/mol. The van der Waals surface area contributed by atoms with Crippen molar-refractivity contribution >= 4 is 5.97 Å².